The van der Waals surface area contributed by atoms with Gasteiger partial charge in [0.2, 0.25) is 0 Å². The normalized spacial score (nSPS) is 14.9. The Morgan fingerprint density at radius 2 is 1.81 bits per heavy atom. The standard InChI is InChI=1S/C14H30OSi/c1-12(2)11-13(3)9-10-15-16(7,8)14(4,5)6/h13H,1,9-11H2,2-8H3/t13-/m1/s1. The predicted molar refractivity (Wildman–Crippen MR) is 76.4 cm³/mol. The fraction of sp³-hybridized carbons (Fsp3) is 0.857. The van der Waals surface area contributed by atoms with Crippen molar-refractivity contribution in [3.8, 4) is 0 Å². The molecule has 0 radical (unpaired) electrons. The Morgan fingerprint density at radius 1 is 1.31 bits per heavy atom. The molecule has 0 bridgehead atoms. The Bertz CT molecular complexity index is 225. The summed E-state index contributed by atoms with van der Waals surface area (Å²) in [6.07, 6.45) is 2.28. The van der Waals surface area contributed by atoms with Crippen LogP contribution in [0.2, 0.25) is 18.1 Å². The van der Waals surface area contributed by atoms with Crippen molar-refractivity contribution in [3.63, 3.8) is 0 Å². The number of hydrogen-bond donors (Lipinski definition) is 0. The maximum atomic E-state index is 6.16. The molecule has 1 atom stereocenters. The molecule has 0 aliphatic carbocycles. The summed E-state index contributed by atoms with van der Waals surface area (Å²) in [6, 6.07) is 0. The average molecular weight is 242 g/mol. The summed E-state index contributed by atoms with van der Waals surface area (Å²) < 4.78 is 6.16. The lowest BCUT2D eigenvalue weighted by molar-refractivity contribution is 0.259. The molecule has 0 aromatic carbocycles. The first kappa shape index (κ1) is 15.9. The van der Waals surface area contributed by atoms with Crippen LogP contribution < -0.4 is 0 Å². The van der Waals surface area contributed by atoms with Crippen molar-refractivity contribution in [2.75, 3.05) is 6.61 Å². The number of hydrogen-bond acceptors (Lipinski definition) is 1. The summed E-state index contributed by atoms with van der Waals surface area (Å²) in [5, 5.41) is 0.324. The van der Waals surface area contributed by atoms with Gasteiger partial charge in [-0.25, -0.2) is 0 Å². The second-order valence-corrected chi connectivity index (χ2v) is 11.5. The Hall–Kier alpha value is -0.0831. The van der Waals surface area contributed by atoms with E-state index in [2.05, 4.69) is 54.3 Å². The highest BCUT2D eigenvalue weighted by atomic mass is 28.4. The van der Waals surface area contributed by atoms with Gasteiger partial charge >= 0.3 is 0 Å². The van der Waals surface area contributed by atoms with E-state index in [-0.39, 0.29) is 0 Å². The quantitative estimate of drug-likeness (QED) is 0.470. The molecule has 0 aliphatic heterocycles. The van der Waals surface area contributed by atoms with Crippen LogP contribution in [0.1, 0.15) is 47.5 Å². The third-order valence-electron chi connectivity index (χ3n) is 3.58. The molecule has 96 valence electrons. The molecule has 0 saturated heterocycles. The van der Waals surface area contributed by atoms with Gasteiger partial charge < -0.3 is 4.43 Å². The second-order valence-electron chi connectivity index (χ2n) is 6.66. The van der Waals surface area contributed by atoms with E-state index in [9.17, 15) is 0 Å². The van der Waals surface area contributed by atoms with Crippen LogP contribution in [0.4, 0.5) is 0 Å². The summed E-state index contributed by atoms with van der Waals surface area (Å²) in [7, 11) is -1.53. The zero-order valence-corrected chi connectivity index (χ0v) is 13.3. The largest absolute Gasteiger partial charge is 0.417 e. The highest BCUT2D eigenvalue weighted by Crippen LogP contribution is 2.36. The van der Waals surface area contributed by atoms with Gasteiger partial charge in [-0.3, -0.25) is 0 Å². The predicted octanol–water partition coefficient (Wildman–Crippen LogP) is 5.00. The minimum atomic E-state index is -1.53. The van der Waals surface area contributed by atoms with Crippen molar-refractivity contribution >= 4 is 8.32 Å². The monoisotopic (exact) mass is 242 g/mol. The molecule has 0 spiro atoms. The van der Waals surface area contributed by atoms with Gasteiger partial charge in [0.05, 0.1) is 0 Å². The van der Waals surface area contributed by atoms with E-state index in [0.29, 0.717) is 11.0 Å². The van der Waals surface area contributed by atoms with E-state index in [1.807, 2.05) is 0 Å². The summed E-state index contributed by atoms with van der Waals surface area (Å²) >= 11 is 0. The Balaban J connectivity index is 3.94. The van der Waals surface area contributed by atoms with E-state index < -0.39 is 8.32 Å². The minimum Gasteiger partial charge on any atom is -0.417 e. The minimum absolute atomic E-state index is 0.324. The van der Waals surface area contributed by atoms with Crippen molar-refractivity contribution < 1.29 is 4.43 Å². The van der Waals surface area contributed by atoms with Gasteiger partial charge in [-0.1, -0.05) is 33.3 Å². The molecular formula is C14H30OSi. The summed E-state index contributed by atoms with van der Waals surface area (Å²) in [4.78, 5) is 0. The second kappa shape index (κ2) is 6.01. The fourth-order valence-corrected chi connectivity index (χ4v) is 2.49. The molecule has 0 fully saturated rings. The van der Waals surface area contributed by atoms with Crippen LogP contribution in [0.25, 0.3) is 0 Å². The van der Waals surface area contributed by atoms with Gasteiger partial charge in [0.1, 0.15) is 0 Å². The molecule has 0 heterocycles. The molecule has 16 heavy (non-hydrogen) atoms. The highest BCUT2D eigenvalue weighted by molar-refractivity contribution is 6.74. The zero-order valence-electron chi connectivity index (χ0n) is 12.3. The van der Waals surface area contributed by atoms with E-state index >= 15 is 0 Å². The zero-order chi connectivity index (χ0) is 13.0. The van der Waals surface area contributed by atoms with Gasteiger partial charge in [-0.2, -0.15) is 0 Å². The number of rotatable bonds is 6. The van der Waals surface area contributed by atoms with Crippen molar-refractivity contribution in [2.45, 2.75) is 65.6 Å². The van der Waals surface area contributed by atoms with Crippen LogP contribution in [0.5, 0.6) is 0 Å². The molecule has 0 rings (SSSR count). The van der Waals surface area contributed by atoms with Gasteiger partial charge in [0.25, 0.3) is 0 Å². The lowest BCUT2D eigenvalue weighted by Gasteiger charge is -2.36. The first-order chi connectivity index (χ1) is 7.06. The molecule has 0 aromatic heterocycles. The topological polar surface area (TPSA) is 9.23 Å². The van der Waals surface area contributed by atoms with Crippen LogP contribution >= 0.6 is 0 Å². The van der Waals surface area contributed by atoms with Crippen molar-refractivity contribution in [2.24, 2.45) is 5.92 Å². The van der Waals surface area contributed by atoms with Crippen molar-refractivity contribution in [1.29, 1.82) is 0 Å². The van der Waals surface area contributed by atoms with Gasteiger partial charge in [-0.15, -0.1) is 6.58 Å². The van der Waals surface area contributed by atoms with Gasteiger partial charge in [0, 0.05) is 6.61 Å². The summed E-state index contributed by atoms with van der Waals surface area (Å²) in [5.41, 5.74) is 1.28. The molecule has 1 nitrogen and oxygen atoms in total. The van der Waals surface area contributed by atoms with E-state index in [1.165, 1.54) is 5.57 Å². The molecule has 2 heteroatoms. The maximum Gasteiger partial charge on any atom is 0.191 e. The third-order valence-corrected chi connectivity index (χ3v) is 8.11. The van der Waals surface area contributed by atoms with Gasteiger partial charge in [-0.05, 0) is 43.8 Å². The SMILES string of the molecule is C=C(C)C[C@H](C)CCO[Si](C)(C)C(C)(C)C. The smallest absolute Gasteiger partial charge is 0.191 e. The van der Waals surface area contributed by atoms with Crippen LogP contribution in [-0.2, 0) is 4.43 Å². The summed E-state index contributed by atoms with van der Waals surface area (Å²) in [5.74, 6) is 0.697. The lowest BCUT2D eigenvalue weighted by atomic mass is 10.0. The Morgan fingerprint density at radius 3 is 2.19 bits per heavy atom. The first-order valence-electron chi connectivity index (χ1n) is 6.34. The Kier molecular flexibility index (Phi) is 5.98. The summed E-state index contributed by atoms with van der Waals surface area (Å²) in [6.45, 7) is 20.7. The fourth-order valence-electron chi connectivity index (χ4n) is 1.43. The number of allylic oxidation sites excluding steroid dienone is 1. The molecule has 0 aliphatic rings. The van der Waals surface area contributed by atoms with E-state index in [1.54, 1.807) is 0 Å². The molecule has 0 amide bonds. The Labute approximate surface area is 103 Å². The van der Waals surface area contributed by atoms with Crippen LogP contribution in [0.15, 0.2) is 12.2 Å². The van der Waals surface area contributed by atoms with Crippen LogP contribution in [0, 0.1) is 5.92 Å². The van der Waals surface area contributed by atoms with Crippen molar-refractivity contribution in [1.82, 2.24) is 0 Å². The third kappa shape index (κ3) is 5.85. The van der Waals surface area contributed by atoms with E-state index in [0.717, 1.165) is 19.4 Å². The van der Waals surface area contributed by atoms with Crippen LogP contribution in [0.3, 0.4) is 0 Å². The van der Waals surface area contributed by atoms with Crippen LogP contribution in [-0.4, -0.2) is 14.9 Å². The average Bonchev–Trinajstić information content (AvgIpc) is 1.99. The molecule has 0 saturated carbocycles. The van der Waals surface area contributed by atoms with E-state index in [4.69, 9.17) is 4.43 Å². The molecule has 0 N–H and O–H groups in total. The maximum absolute atomic E-state index is 6.16. The lowest BCUT2D eigenvalue weighted by Crippen LogP contribution is -2.41. The molecular weight excluding hydrogens is 212 g/mol. The van der Waals surface area contributed by atoms with Crippen molar-refractivity contribution in [3.05, 3.63) is 12.2 Å². The highest BCUT2D eigenvalue weighted by Gasteiger charge is 2.36. The molecule has 0 unspecified atom stereocenters. The first-order valence-corrected chi connectivity index (χ1v) is 9.25. The molecule has 0 aromatic rings. The van der Waals surface area contributed by atoms with Gasteiger partial charge in [0.15, 0.2) is 8.32 Å².